The lowest BCUT2D eigenvalue weighted by Crippen LogP contribution is -2.38. The van der Waals surface area contributed by atoms with Gasteiger partial charge in [0.1, 0.15) is 11.4 Å². The van der Waals surface area contributed by atoms with E-state index in [0.29, 0.717) is 24.7 Å². The van der Waals surface area contributed by atoms with Gasteiger partial charge >= 0.3 is 0 Å². The van der Waals surface area contributed by atoms with Gasteiger partial charge in [0.2, 0.25) is 5.95 Å². The van der Waals surface area contributed by atoms with Crippen LogP contribution in [0, 0.1) is 6.92 Å². The van der Waals surface area contributed by atoms with Gasteiger partial charge in [-0.25, -0.2) is 15.0 Å². The van der Waals surface area contributed by atoms with Crippen molar-refractivity contribution in [2.75, 3.05) is 39.2 Å². The number of amides is 1. The number of aromatic nitrogens is 4. The van der Waals surface area contributed by atoms with Gasteiger partial charge < -0.3 is 14.5 Å². The standard InChI is InChI=1S/C24H28N6O2/c1-16-13-26-21(15-25-16)23(31)30-11-9-18(10-12-30)22-20(14-27-24(28-22)29(2)3)17-5-7-19(32-4)8-6-17/h5-8,13-15,18H,9-12H2,1-4H3. The number of piperidine rings is 1. The highest BCUT2D eigenvalue weighted by molar-refractivity contribution is 5.92. The number of anilines is 1. The van der Waals surface area contributed by atoms with Crippen LogP contribution in [0.1, 0.15) is 40.6 Å². The van der Waals surface area contributed by atoms with Gasteiger partial charge in [-0.1, -0.05) is 12.1 Å². The Labute approximate surface area is 188 Å². The molecule has 0 atom stereocenters. The zero-order valence-corrected chi connectivity index (χ0v) is 18.9. The summed E-state index contributed by atoms with van der Waals surface area (Å²) in [4.78, 5) is 34.5. The SMILES string of the molecule is COc1ccc(-c2cnc(N(C)C)nc2C2CCN(C(=O)c3cnc(C)cn3)CC2)cc1. The predicted octanol–water partition coefficient (Wildman–Crippen LogP) is 3.34. The number of ether oxygens (including phenoxy) is 1. The number of carbonyl (C=O) groups is 1. The summed E-state index contributed by atoms with van der Waals surface area (Å²) in [7, 11) is 5.54. The largest absolute Gasteiger partial charge is 0.497 e. The minimum absolute atomic E-state index is 0.0667. The molecular formula is C24H28N6O2. The number of benzene rings is 1. The summed E-state index contributed by atoms with van der Waals surface area (Å²) in [6, 6.07) is 7.96. The summed E-state index contributed by atoms with van der Waals surface area (Å²) >= 11 is 0. The van der Waals surface area contributed by atoms with Crippen molar-refractivity contribution in [3.63, 3.8) is 0 Å². The number of nitrogens with zero attached hydrogens (tertiary/aromatic N) is 6. The number of hydrogen-bond donors (Lipinski definition) is 0. The van der Waals surface area contributed by atoms with E-state index in [4.69, 9.17) is 9.72 Å². The molecule has 8 nitrogen and oxygen atoms in total. The van der Waals surface area contributed by atoms with Crippen LogP contribution in [-0.2, 0) is 0 Å². The third kappa shape index (κ3) is 4.54. The first-order valence-electron chi connectivity index (χ1n) is 10.7. The Kier molecular flexibility index (Phi) is 6.30. The highest BCUT2D eigenvalue weighted by Gasteiger charge is 2.28. The lowest BCUT2D eigenvalue weighted by Gasteiger charge is -2.32. The Balaban J connectivity index is 1.56. The summed E-state index contributed by atoms with van der Waals surface area (Å²) in [6.45, 7) is 3.17. The van der Waals surface area contributed by atoms with E-state index in [1.54, 1.807) is 19.5 Å². The fraction of sp³-hybridized carbons (Fsp3) is 0.375. The van der Waals surface area contributed by atoms with E-state index in [0.717, 1.165) is 41.1 Å². The second-order valence-corrected chi connectivity index (χ2v) is 8.20. The minimum Gasteiger partial charge on any atom is -0.497 e. The molecule has 2 aromatic heterocycles. The molecule has 166 valence electrons. The third-order valence-electron chi connectivity index (χ3n) is 5.78. The van der Waals surface area contributed by atoms with Crippen molar-refractivity contribution in [1.29, 1.82) is 0 Å². The molecule has 1 saturated heterocycles. The van der Waals surface area contributed by atoms with E-state index in [1.165, 1.54) is 0 Å². The summed E-state index contributed by atoms with van der Waals surface area (Å²) in [6.07, 6.45) is 6.75. The normalized spacial score (nSPS) is 14.3. The zero-order valence-electron chi connectivity index (χ0n) is 18.9. The topological polar surface area (TPSA) is 84.3 Å². The first-order chi connectivity index (χ1) is 15.5. The first kappa shape index (κ1) is 21.7. The van der Waals surface area contributed by atoms with Crippen molar-refractivity contribution < 1.29 is 9.53 Å². The molecule has 0 spiro atoms. The maximum Gasteiger partial charge on any atom is 0.274 e. The highest BCUT2D eigenvalue weighted by Crippen LogP contribution is 2.35. The lowest BCUT2D eigenvalue weighted by molar-refractivity contribution is 0.0705. The molecule has 0 radical (unpaired) electrons. The average Bonchev–Trinajstić information content (AvgIpc) is 2.84. The molecule has 1 fully saturated rings. The molecule has 8 heteroatoms. The van der Waals surface area contributed by atoms with E-state index in [2.05, 4.69) is 15.0 Å². The Bertz CT molecular complexity index is 1070. The minimum atomic E-state index is -0.0667. The number of aryl methyl sites for hydroxylation is 1. The van der Waals surface area contributed by atoms with Crippen LogP contribution in [0.5, 0.6) is 5.75 Å². The van der Waals surface area contributed by atoms with Crippen LogP contribution in [0.3, 0.4) is 0 Å². The molecule has 4 rings (SSSR count). The predicted molar refractivity (Wildman–Crippen MR) is 123 cm³/mol. The van der Waals surface area contributed by atoms with Gasteiger partial charge in [-0.3, -0.25) is 9.78 Å². The Hall–Kier alpha value is -3.55. The third-order valence-corrected chi connectivity index (χ3v) is 5.78. The van der Waals surface area contributed by atoms with Crippen LogP contribution in [-0.4, -0.2) is 65.0 Å². The van der Waals surface area contributed by atoms with Gasteiger partial charge in [0.05, 0.1) is 24.7 Å². The second-order valence-electron chi connectivity index (χ2n) is 8.20. The van der Waals surface area contributed by atoms with Gasteiger partial charge in [0, 0.05) is 51.1 Å². The van der Waals surface area contributed by atoms with Crippen LogP contribution >= 0.6 is 0 Å². The van der Waals surface area contributed by atoms with Gasteiger partial charge in [-0.05, 0) is 37.5 Å². The summed E-state index contributed by atoms with van der Waals surface area (Å²) in [5.74, 6) is 1.67. The number of methoxy groups -OCH3 is 1. The molecule has 0 N–H and O–H groups in total. The van der Waals surface area contributed by atoms with E-state index >= 15 is 0 Å². The molecule has 1 amide bonds. The second kappa shape index (κ2) is 9.30. The van der Waals surface area contributed by atoms with Crippen molar-refractivity contribution >= 4 is 11.9 Å². The summed E-state index contributed by atoms with van der Waals surface area (Å²) < 4.78 is 5.29. The molecule has 1 aliphatic heterocycles. The molecule has 0 aliphatic carbocycles. The van der Waals surface area contributed by atoms with Crippen LogP contribution in [0.25, 0.3) is 11.1 Å². The van der Waals surface area contributed by atoms with Gasteiger partial charge in [0.15, 0.2) is 0 Å². The van der Waals surface area contributed by atoms with E-state index < -0.39 is 0 Å². The van der Waals surface area contributed by atoms with Crippen LogP contribution in [0.15, 0.2) is 42.9 Å². The molecule has 32 heavy (non-hydrogen) atoms. The fourth-order valence-corrected chi connectivity index (χ4v) is 3.93. The summed E-state index contributed by atoms with van der Waals surface area (Å²) in [5, 5.41) is 0. The van der Waals surface area contributed by atoms with Gasteiger partial charge in [-0.15, -0.1) is 0 Å². The first-order valence-corrected chi connectivity index (χ1v) is 10.7. The molecular weight excluding hydrogens is 404 g/mol. The maximum absolute atomic E-state index is 12.8. The van der Waals surface area contributed by atoms with Crippen molar-refractivity contribution in [2.45, 2.75) is 25.7 Å². The van der Waals surface area contributed by atoms with Gasteiger partial charge in [-0.2, -0.15) is 0 Å². The molecule has 1 aromatic carbocycles. The maximum atomic E-state index is 12.8. The number of rotatable bonds is 5. The van der Waals surface area contributed by atoms with Crippen molar-refractivity contribution in [2.24, 2.45) is 0 Å². The molecule has 3 heterocycles. The van der Waals surface area contributed by atoms with Crippen LogP contribution in [0.4, 0.5) is 5.95 Å². The van der Waals surface area contributed by atoms with E-state index in [1.807, 2.05) is 61.3 Å². The van der Waals surface area contributed by atoms with E-state index in [9.17, 15) is 4.79 Å². The molecule has 0 saturated carbocycles. The molecule has 0 unspecified atom stereocenters. The molecule has 0 bridgehead atoms. The van der Waals surface area contributed by atoms with Crippen LogP contribution in [0.2, 0.25) is 0 Å². The Morgan fingerprint density at radius 3 is 2.34 bits per heavy atom. The van der Waals surface area contributed by atoms with Crippen molar-refractivity contribution in [3.05, 3.63) is 59.9 Å². The number of hydrogen-bond acceptors (Lipinski definition) is 7. The Morgan fingerprint density at radius 1 is 1.03 bits per heavy atom. The monoisotopic (exact) mass is 432 g/mol. The fourth-order valence-electron chi connectivity index (χ4n) is 3.93. The quantitative estimate of drug-likeness (QED) is 0.611. The average molecular weight is 433 g/mol. The molecule has 1 aliphatic rings. The number of carbonyl (C=O) groups excluding carboxylic acids is 1. The lowest BCUT2D eigenvalue weighted by atomic mass is 9.88. The zero-order chi connectivity index (χ0) is 22.7. The van der Waals surface area contributed by atoms with Crippen molar-refractivity contribution in [3.8, 4) is 16.9 Å². The van der Waals surface area contributed by atoms with Gasteiger partial charge in [0.25, 0.3) is 5.91 Å². The number of likely N-dealkylation sites (tertiary alicyclic amines) is 1. The highest BCUT2D eigenvalue weighted by atomic mass is 16.5. The molecule has 3 aromatic rings. The van der Waals surface area contributed by atoms with E-state index in [-0.39, 0.29) is 11.8 Å². The summed E-state index contributed by atoms with van der Waals surface area (Å²) in [5.41, 5.74) is 4.29. The van der Waals surface area contributed by atoms with Crippen LogP contribution < -0.4 is 9.64 Å². The smallest absolute Gasteiger partial charge is 0.274 e. The Morgan fingerprint density at radius 2 is 1.75 bits per heavy atom. The van der Waals surface area contributed by atoms with Crippen molar-refractivity contribution in [1.82, 2.24) is 24.8 Å².